The number of nitrogens with zero attached hydrogens (tertiary/aromatic N) is 5. The number of nitro groups is 1. The zero-order valence-electron chi connectivity index (χ0n) is 17.2. The van der Waals surface area contributed by atoms with E-state index in [0.717, 1.165) is 18.9 Å². The predicted molar refractivity (Wildman–Crippen MR) is 116 cm³/mol. The molecule has 0 bridgehead atoms. The van der Waals surface area contributed by atoms with Crippen LogP contribution in [0.3, 0.4) is 0 Å². The Labute approximate surface area is 186 Å². The van der Waals surface area contributed by atoms with E-state index in [2.05, 4.69) is 4.98 Å². The monoisotopic (exact) mass is 481 g/mol. The highest BCUT2D eigenvalue weighted by molar-refractivity contribution is 7.89. The van der Waals surface area contributed by atoms with E-state index in [1.165, 1.54) is 39.2 Å². The number of anilines is 1. The van der Waals surface area contributed by atoms with E-state index in [4.69, 9.17) is 0 Å². The summed E-state index contributed by atoms with van der Waals surface area (Å²) in [7, 11) is -7.62. The molecular formula is C19H23N5O6S2. The molecule has 3 heterocycles. The van der Waals surface area contributed by atoms with E-state index in [1.807, 2.05) is 0 Å². The molecule has 0 unspecified atom stereocenters. The van der Waals surface area contributed by atoms with E-state index in [9.17, 15) is 26.9 Å². The molecule has 2 aliphatic rings. The van der Waals surface area contributed by atoms with Crippen LogP contribution in [0.2, 0.25) is 0 Å². The smallest absolute Gasteiger partial charge is 0.270 e. The summed E-state index contributed by atoms with van der Waals surface area (Å²) in [5, 5.41) is 11.3. The first-order valence-corrected chi connectivity index (χ1v) is 13.0. The molecule has 172 valence electrons. The maximum absolute atomic E-state index is 13.2. The molecule has 32 heavy (non-hydrogen) atoms. The molecule has 13 heteroatoms. The van der Waals surface area contributed by atoms with Gasteiger partial charge < -0.3 is 4.90 Å². The number of benzene rings is 1. The van der Waals surface area contributed by atoms with Crippen molar-refractivity contribution in [3.63, 3.8) is 0 Å². The second kappa shape index (κ2) is 8.73. The van der Waals surface area contributed by atoms with Crippen molar-refractivity contribution in [2.24, 2.45) is 0 Å². The molecule has 0 saturated carbocycles. The summed E-state index contributed by atoms with van der Waals surface area (Å²) in [5.41, 5.74) is 0.0465. The molecule has 0 atom stereocenters. The highest BCUT2D eigenvalue weighted by Gasteiger charge is 2.34. The van der Waals surface area contributed by atoms with E-state index in [-0.39, 0.29) is 41.7 Å². The number of piperazine rings is 1. The number of nitro benzene ring substituents is 1. The topological polar surface area (TPSA) is 134 Å². The third kappa shape index (κ3) is 4.20. The number of hydrogen-bond donors (Lipinski definition) is 0. The largest absolute Gasteiger partial charge is 0.368 e. The molecule has 0 amide bonds. The van der Waals surface area contributed by atoms with Gasteiger partial charge in [0, 0.05) is 63.8 Å². The Kier molecular flexibility index (Phi) is 6.16. The van der Waals surface area contributed by atoms with E-state index < -0.39 is 25.0 Å². The first-order chi connectivity index (χ1) is 15.2. The minimum absolute atomic E-state index is 0.0982. The van der Waals surface area contributed by atoms with Crippen molar-refractivity contribution in [2.75, 3.05) is 44.2 Å². The van der Waals surface area contributed by atoms with Crippen molar-refractivity contribution in [1.29, 1.82) is 0 Å². The zero-order chi connectivity index (χ0) is 22.9. The van der Waals surface area contributed by atoms with Crippen molar-refractivity contribution in [2.45, 2.75) is 22.6 Å². The van der Waals surface area contributed by atoms with Crippen LogP contribution in [0.4, 0.5) is 11.4 Å². The summed E-state index contributed by atoms with van der Waals surface area (Å²) < 4.78 is 54.8. The first kappa shape index (κ1) is 22.6. The zero-order valence-corrected chi connectivity index (χ0v) is 18.8. The third-order valence-corrected chi connectivity index (χ3v) is 9.50. The van der Waals surface area contributed by atoms with Crippen LogP contribution in [-0.4, -0.2) is 74.6 Å². The van der Waals surface area contributed by atoms with Gasteiger partial charge in [-0.2, -0.15) is 8.61 Å². The highest BCUT2D eigenvalue weighted by atomic mass is 32.2. The van der Waals surface area contributed by atoms with Gasteiger partial charge in [-0.1, -0.05) is 0 Å². The Morgan fingerprint density at radius 2 is 1.53 bits per heavy atom. The second-order valence-corrected chi connectivity index (χ2v) is 11.4. The number of pyridine rings is 1. The predicted octanol–water partition coefficient (Wildman–Crippen LogP) is 1.29. The molecule has 0 aliphatic carbocycles. The average molecular weight is 482 g/mol. The van der Waals surface area contributed by atoms with Crippen LogP contribution in [0.5, 0.6) is 0 Å². The molecular weight excluding hydrogens is 458 g/mol. The van der Waals surface area contributed by atoms with Crippen molar-refractivity contribution in [1.82, 2.24) is 13.6 Å². The van der Waals surface area contributed by atoms with Crippen LogP contribution in [0.1, 0.15) is 12.8 Å². The summed E-state index contributed by atoms with van der Waals surface area (Å²) in [6.07, 6.45) is 4.27. The maximum Gasteiger partial charge on any atom is 0.270 e. The van der Waals surface area contributed by atoms with Gasteiger partial charge in [0.1, 0.15) is 9.79 Å². The molecule has 4 rings (SSSR count). The number of hydrogen-bond acceptors (Lipinski definition) is 8. The third-order valence-electron chi connectivity index (χ3n) is 5.69. The van der Waals surface area contributed by atoms with Crippen molar-refractivity contribution in [3.05, 3.63) is 52.8 Å². The molecule has 2 fully saturated rings. The Morgan fingerprint density at radius 1 is 0.875 bits per heavy atom. The molecule has 11 nitrogen and oxygen atoms in total. The lowest BCUT2D eigenvalue weighted by molar-refractivity contribution is -0.385. The average Bonchev–Trinajstić information content (AvgIpc) is 3.35. The van der Waals surface area contributed by atoms with Crippen LogP contribution < -0.4 is 4.90 Å². The fourth-order valence-corrected chi connectivity index (χ4v) is 7.10. The maximum atomic E-state index is 13.2. The second-order valence-electron chi connectivity index (χ2n) is 7.60. The van der Waals surface area contributed by atoms with Gasteiger partial charge in [0.15, 0.2) is 0 Å². The van der Waals surface area contributed by atoms with Crippen LogP contribution >= 0.6 is 0 Å². The lowest BCUT2D eigenvalue weighted by Gasteiger charge is -2.36. The Balaban J connectivity index is 1.61. The number of sulfonamides is 2. The van der Waals surface area contributed by atoms with Gasteiger partial charge in [-0.25, -0.2) is 16.8 Å². The Bertz CT molecular complexity index is 1210. The first-order valence-electron chi connectivity index (χ1n) is 10.1. The fraction of sp³-hybridized carbons (Fsp3) is 0.421. The van der Waals surface area contributed by atoms with Gasteiger partial charge in [0.25, 0.3) is 5.69 Å². The van der Waals surface area contributed by atoms with Crippen molar-refractivity contribution < 1.29 is 21.8 Å². The fourth-order valence-electron chi connectivity index (χ4n) is 3.97. The van der Waals surface area contributed by atoms with Crippen LogP contribution in [0.25, 0.3) is 0 Å². The summed E-state index contributed by atoms with van der Waals surface area (Å²) in [6, 6.07) is 6.84. The summed E-state index contributed by atoms with van der Waals surface area (Å²) in [5.74, 6) is 0. The van der Waals surface area contributed by atoms with E-state index >= 15 is 0 Å². The van der Waals surface area contributed by atoms with Crippen molar-refractivity contribution in [3.8, 4) is 0 Å². The normalized spacial score (nSPS) is 18.7. The van der Waals surface area contributed by atoms with E-state index in [0.29, 0.717) is 18.8 Å². The van der Waals surface area contributed by atoms with Crippen LogP contribution in [0.15, 0.2) is 52.5 Å². The number of aromatic nitrogens is 1. The lowest BCUT2D eigenvalue weighted by atomic mass is 10.2. The van der Waals surface area contributed by atoms with Gasteiger partial charge in [-0.05, 0) is 31.0 Å². The number of non-ortho nitro benzene ring substituents is 1. The van der Waals surface area contributed by atoms with Gasteiger partial charge in [-0.3, -0.25) is 15.1 Å². The minimum Gasteiger partial charge on any atom is -0.368 e. The molecule has 0 spiro atoms. The molecule has 2 aromatic rings. The molecule has 1 aromatic carbocycles. The van der Waals surface area contributed by atoms with Crippen LogP contribution in [-0.2, 0) is 20.0 Å². The van der Waals surface area contributed by atoms with E-state index in [1.54, 1.807) is 11.0 Å². The molecule has 2 aliphatic heterocycles. The molecule has 0 radical (unpaired) electrons. The van der Waals surface area contributed by atoms with Gasteiger partial charge >= 0.3 is 0 Å². The SMILES string of the molecule is O=[N+]([O-])c1ccc(N2CCN(S(=O)(=O)c3cccnc3)CC2)c(S(=O)(=O)N2CCCC2)c1. The summed E-state index contributed by atoms with van der Waals surface area (Å²) in [4.78, 5) is 16.3. The molecule has 2 saturated heterocycles. The lowest BCUT2D eigenvalue weighted by Crippen LogP contribution is -2.49. The Morgan fingerprint density at radius 3 is 2.12 bits per heavy atom. The van der Waals surface area contributed by atoms with Gasteiger partial charge in [0.2, 0.25) is 20.0 Å². The molecule has 0 N–H and O–H groups in total. The quantitative estimate of drug-likeness (QED) is 0.445. The van der Waals surface area contributed by atoms with Crippen LogP contribution in [0, 0.1) is 10.1 Å². The Hall–Kier alpha value is -2.61. The van der Waals surface area contributed by atoms with Gasteiger partial charge in [0.05, 0.1) is 10.6 Å². The minimum atomic E-state index is -3.91. The summed E-state index contributed by atoms with van der Waals surface area (Å²) >= 11 is 0. The number of rotatable bonds is 6. The van der Waals surface area contributed by atoms with Crippen molar-refractivity contribution >= 4 is 31.4 Å². The highest BCUT2D eigenvalue weighted by Crippen LogP contribution is 2.34. The molecule has 1 aromatic heterocycles. The summed E-state index contributed by atoms with van der Waals surface area (Å²) in [6.45, 7) is 1.55. The standard InChI is InChI=1S/C19H23N5O6S2/c25-24(26)16-5-6-18(19(14-16)32(29,30)22-8-1-2-9-22)21-10-12-23(13-11-21)31(27,28)17-4-3-7-20-15-17/h3-7,14-15H,1-2,8-13H2. The van der Waals surface area contributed by atoms with Gasteiger partial charge in [-0.15, -0.1) is 0 Å².